The second kappa shape index (κ2) is 5.51. The van der Waals surface area contributed by atoms with Gasteiger partial charge >= 0.3 is 0 Å². The average molecular weight is 305 g/mol. The van der Waals surface area contributed by atoms with Gasteiger partial charge in [0, 0.05) is 16.6 Å². The van der Waals surface area contributed by atoms with E-state index in [1.807, 2.05) is 0 Å². The summed E-state index contributed by atoms with van der Waals surface area (Å²) in [4.78, 5) is 10.5. The molecular formula is C15H12FNO5. The molecular weight excluding hydrogens is 293 g/mol. The van der Waals surface area contributed by atoms with Gasteiger partial charge in [-0.3, -0.25) is 10.1 Å². The minimum atomic E-state index is -0.718. The van der Waals surface area contributed by atoms with Crippen LogP contribution in [0.4, 0.5) is 4.39 Å². The Kier molecular flexibility index (Phi) is 3.54. The molecule has 1 heterocycles. The number of ether oxygens (including phenoxy) is 2. The summed E-state index contributed by atoms with van der Waals surface area (Å²) >= 11 is 0. The van der Waals surface area contributed by atoms with Crippen LogP contribution in [0.25, 0.3) is 0 Å². The van der Waals surface area contributed by atoms with Crippen LogP contribution in [0.3, 0.4) is 0 Å². The Bertz CT molecular complexity index is 717. The molecule has 3 rings (SSSR count). The Balaban J connectivity index is 2.06. The minimum Gasteiger partial charge on any atom is -0.507 e. The fraction of sp³-hybridized carbons (Fsp3) is 0.200. The van der Waals surface area contributed by atoms with Crippen LogP contribution in [-0.4, -0.2) is 23.4 Å². The first kappa shape index (κ1) is 14.1. The van der Waals surface area contributed by atoms with Gasteiger partial charge in [0.1, 0.15) is 11.6 Å². The van der Waals surface area contributed by atoms with Gasteiger partial charge in [-0.05, 0) is 23.8 Å². The number of hydrogen-bond acceptors (Lipinski definition) is 5. The van der Waals surface area contributed by atoms with Gasteiger partial charge in [0.25, 0.3) is 0 Å². The molecule has 2 aromatic carbocycles. The second-order valence-electron chi connectivity index (χ2n) is 4.88. The van der Waals surface area contributed by atoms with E-state index in [0.717, 1.165) is 0 Å². The third-order valence-corrected chi connectivity index (χ3v) is 3.50. The highest BCUT2D eigenvalue weighted by atomic mass is 19.1. The molecule has 0 spiro atoms. The molecule has 1 N–H and O–H groups in total. The number of benzene rings is 2. The van der Waals surface area contributed by atoms with Crippen molar-refractivity contribution in [1.29, 1.82) is 0 Å². The number of rotatable bonds is 4. The maximum Gasteiger partial charge on any atom is 0.231 e. The maximum atomic E-state index is 13.1. The largest absolute Gasteiger partial charge is 0.507 e. The van der Waals surface area contributed by atoms with Crippen LogP contribution in [0.5, 0.6) is 17.2 Å². The lowest BCUT2D eigenvalue weighted by atomic mass is 9.90. The van der Waals surface area contributed by atoms with E-state index in [4.69, 9.17) is 9.47 Å². The molecule has 0 bridgehead atoms. The summed E-state index contributed by atoms with van der Waals surface area (Å²) in [6, 6.07) is 8.28. The zero-order valence-corrected chi connectivity index (χ0v) is 11.4. The number of aromatic hydroxyl groups is 1. The van der Waals surface area contributed by atoms with Crippen molar-refractivity contribution in [1.82, 2.24) is 0 Å². The number of halogens is 1. The zero-order chi connectivity index (χ0) is 15.7. The Morgan fingerprint density at radius 1 is 1.23 bits per heavy atom. The number of hydrogen-bond donors (Lipinski definition) is 1. The molecule has 0 aromatic heterocycles. The number of phenols is 1. The molecule has 7 heteroatoms. The first-order valence-electron chi connectivity index (χ1n) is 6.54. The first-order chi connectivity index (χ1) is 10.5. The Hall–Kier alpha value is -2.83. The van der Waals surface area contributed by atoms with Crippen LogP contribution < -0.4 is 9.47 Å². The molecule has 0 fully saturated rings. The molecule has 0 radical (unpaired) electrons. The van der Waals surface area contributed by atoms with Crippen molar-refractivity contribution in [3.63, 3.8) is 0 Å². The lowest BCUT2D eigenvalue weighted by molar-refractivity contribution is -0.481. The van der Waals surface area contributed by atoms with E-state index < -0.39 is 23.2 Å². The summed E-state index contributed by atoms with van der Waals surface area (Å²) < 4.78 is 23.4. The Morgan fingerprint density at radius 3 is 2.50 bits per heavy atom. The molecule has 22 heavy (non-hydrogen) atoms. The highest BCUT2D eigenvalue weighted by Crippen LogP contribution is 2.42. The number of nitrogens with zero attached hydrogens (tertiary/aromatic N) is 1. The van der Waals surface area contributed by atoms with E-state index in [9.17, 15) is 19.6 Å². The van der Waals surface area contributed by atoms with Crippen molar-refractivity contribution >= 4 is 0 Å². The summed E-state index contributed by atoms with van der Waals surface area (Å²) in [6.07, 6.45) is 0. The molecule has 6 nitrogen and oxygen atoms in total. The topological polar surface area (TPSA) is 81.8 Å². The third-order valence-electron chi connectivity index (χ3n) is 3.50. The predicted octanol–water partition coefficient (Wildman–Crippen LogP) is 2.67. The normalized spacial score (nSPS) is 13.9. The van der Waals surface area contributed by atoms with Crippen molar-refractivity contribution in [2.24, 2.45) is 0 Å². The standard InChI is InChI=1S/C15H12FNO5/c16-10-3-1-9(2-4-10)12(7-17(19)20)11-5-14-15(6-13(11)18)22-8-21-14/h1-6,12,18H,7-8H2. The lowest BCUT2D eigenvalue weighted by Crippen LogP contribution is -2.14. The Morgan fingerprint density at radius 2 is 1.86 bits per heavy atom. The SMILES string of the molecule is O=[N+]([O-])CC(c1ccc(F)cc1)c1cc2c(cc1O)OCO2. The van der Waals surface area contributed by atoms with Crippen LogP contribution in [0, 0.1) is 15.9 Å². The maximum absolute atomic E-state index is 13.1. The van der Waals surface area contributed by atoms with Gasteiger partial charge in [0.15, 0.2) is 11.5 Å². The summed E-state index contributed by atoms with van der Waals surface area (Å²) in [5.41, 5.74) is 0.875. The van der Waals surface area contributed by atoms with E-state index in [1.54, 1.807) is 0 Å². The van der Waals surface area contributed by atoms with E-state index >= 15 is 0 Å². The molecule has 1 atom stereocenters. The van der Waals surface area contributed by atoms with Crippen molar-refractivity contribution < 1.29 is 23.9 Å². The van der Waals surface area contributed by atoms with Gasteiger partial charge in [-0.2, -0.15) is 0 Å². The molecule has 1 unspecified atom stereocenters. The number of nitro groups is 1. The summed E-state index contributed by atoms with van der Waals surface area (Å²) in [7, 11) is 0. The summed E-state index contributed by atoms with van der Waals surface area (Å²) in [6.45, 7) is -0.395. The van der Waals surface area contributed by atoms with Crippen LogP contribution >= 0.6 is 0 Å². The Labute approximate surface area is 124 Å². The van der Waals surface area contributed by atoms with Gasteiger partial charge in [0.05, 0.1) is 5.92 Å². The van der Waals surface area contributed by atoms with Crippen molar-refractivity contribution in [3.8, 4) is 17.2 Å². The fourth-order valence-corrected chi connectivity index (χ4v) is 2.45. The molecule has 114 valence electrons. The van der Waals surface area contributed by atoms with Crippen LogP contribution in [0.1, 0.15) is 17.0 Å². The lowest BCUT2D eigenvalue weighted by Gasteiger charge is -2.16. The number of fused-ring (bicyclic) bond motifs is 1. The van der Waals surface area contributed by atoms with Gasteiger partial charge in [0.2, 0.25) is 13.3 Å². The van der Waals surface area contributed by atoms with E-state index in [-0.39, 0.29) is 12.5 Å². The van der Waals surface area contributed by atoms with Crippen LogP contribution in [0.15, 0.2) is 36.4 Å². The molecule has 2 aromatic rings. The highest BCUT2D eigenvalue weighted by molar-refractivity contribution is 5.54. The van der Waals surface area contributed by atoms with E-state index in [1.165, 1.54) is 36.4 Å². The first-order valence-corrected chi connectivity index (χ1v) is 6.54. The zero-order valence-electron chi connectivity index (χ0n) is 11.4. The van der Waals surface area contributed by atoms with E-state index in [0.29, 0.717) is 22.6 Å². The van der Waals surface area contributed by atoms with Crippen LogP contribution in [0.2, 0.25) is 0 Å². The molecule has 1 aliphatic rings. The van der Waals surface area contributed by atoms with Crippen molar-refractivity contribution in [2.75, 3.05) is 13.3 Å². The van der Waals surface area contributed by atoms with Gasteiger partial charge < -0.3 is 14.6 Å². The van der Waals surface area contributed by atoms with Crippen LogP contribution in [-0.2, 0) is 0 Å². The minimum absolute atomic E-state index is 0.0364. The summed E-state index contributed by atoms with van der Waals surface area (Å²) in [5.74, 6) is -0.465. The predicted molar refractivity (Wildman–Crippen MR) is 74.3 cm³/mol. The molecule has 0 saturated heterocycles. The molecule has 0 amide bonds. The van der Waals surface area contributed by atoms with Gasteiger partial charge in [-0.25, -0.2) is 4.39 Å². The van der Waals surface area contributed by atoms with E-state index in [2.05, 4.69) is 0 Å². The smallest absolute Gasteiger partial charge is 0.231 e. The van der Waals surface area contributed by atoms with Gasteiger partial charge in [-0.15, -0.1) is 0 Å². The summed E-state index contributed by atoms with van der Waals surface area (Å²) in [5, 5.41) is 21.1. The average Bonchev–Trinajstić information content (AvgIpc) is 2.92. The highest BCUT2D eigenvalue weighted by Gasteiger charge is 2.27. The van der Waals surface area contributed by atoms with Crippen molar-refractivity contribution in [2.45, 2.75) is 5.92 Å². The molecule has 0 aliphatic carbocycles. The fourth-order valence-electron chi connectivity index (χ4n) is 2.45. The monoisotopic (exact) mass is 305 g/mol. The van der Waals surface area contributed by atoms with Crippen molar-refractivity contribution in [3.05, 3.63) is 63.5 Å². The number of phenolic OH excluding ortho intramolecular Hbond substituents is 1. The molecule has 1 aliphatic heterocycles. The third kappa shape index (κ3) is 2.65. The second-order valence-corrected chi connectivity index (χ2v) is 4.88. The van der Waals surface area contributed by atoms with Gasteiger partial charge in [-0.1, -0.05) is 12.1 Å². The quantitative estimate of drug-likeness (QED) is 0.693. The molecule has 0 saturated carbocycles.